The second-order valence-corrected chi connectivity index (χ2v) is 7.70. The molecule has 1 fully saturated rings. The molecule has 1 aliphatic carbocycles. The number of ether oxygens (including phenoxy) is 2. The van der Waals surface area contributed by atoms with Crippen molar-refractivity contribution >= 4 is 5.78 Å². The Hall–Kier alpha value is -1.68. The van der Waals surface area contributed by atoms with Crippen molar-refractivity contribution in [3.63, 3.8) is 0 Å². The molecule has 1 unspecified atom stereocenters. The van der Waals surface area contributed by atoms with Crippen LogP contribution in [0, 0.1) is 18.8 Å². The van der Waals surface area contributed by atoms with Crippen LogP contribution in [-0.4, -0.2) is 31.8 Å². The van der Waals surface area contributed by atoms with Crippen molar-refractivity contribution in [3.8, 4) is 5.75 Å². The minimum Gasteiger partial charge on any atom is -0.496 e. The molecule has 3 nitrogen and oxygen atoms in total. The van der Waals surface area contributed by atoms with E-state index in [-0.39, 0.29) is 29.9 Å². The number of carbonyl (C=O) groups excluding carboxylic acids is 1. The number of halogens is 1. The summed E-state index contributed by atoms with van der Waals surface area (Å²) >= 11 is 0. The van der Waals surface area contributed by atoms with Crippen molar-refractivity contribution in [1.82, 2.24) is 0 Å². The second-order valence-electron chi connectivity index (χ2n) is 7.70. The average Bonchev–Trinajstić information content (AvgIpc) is 3.05. The van der Waals surface area contributed by atoms with Crippen molar-refractivity contribution < 1.29 is 18.7 Å². The number of benzene rings is 1. The Bertz CT molecular complexity index is 697. The van der Waals surface area contributed by atoms with Gasteiger partial charge in [-0.1, -0.05) is 19.1 Å². The summed E-state index contributed by atoms with van der Waals surface area (Å²) in [7, 11) is 1.69. The van der Waals surface area contributed by atoms with E-state index < -0.39 is 0 Å². The monoisotopic (exact) mass is 360 g/mol. The normalized spacial score (nSPS) is 26.4. The number of alkyl halides is 1. The maximum atomic E-state index is 12.6. The first-order valence-electron chi connectivity index (χ1n) is 9.58. The summed E-state index contributed by atoms with van der Waals surface area (Å²) in [6.45, 7) is 4.53. The fourth-order valence-corrected chi connectivity index (χ4v) is 4.53. The predicted molar refractivity (Wildman–Crippen MR) is 100 cm³/mol. The summed E-state index contributed by atoms with van der Waals surface area (Å²) in [5.41, 5.74) is 3.08. The van der Waals surface area contributed by atoms with Gasteiger partial charge in [-0.05, 0) is 73.8 Å². The molecule has 142 valence electrons. The van der Waals surface area contributed by atoms with Gasteiger partial charge in [0.15, 0.2) is 5.78 Å². The molecule has 1 heterocycles. The number of rotatable bonds is 7. The minimum atomic E-state index is -0.382. The lowest BCUT2D eigenvalue weighted by Crippen LogP contribution is -2.44. The van der Waals surface area contributed by atoms with Gasteiger partial charge in [0.25, 0.3) is 0 Å². The summed E-state index contributed by atoms with van der Waals surface area (Å²) in [5, 5.41) is 0. The molecule has 0 spiro atoms. The molecule has 0 amide bonds. The fraction of sp³-hybridized carbons (Fsp3) is 0.591. The van der Waals surface area contributed by atoms with Gasteiger partial charge >= 0.3 is 0 Å². The molecule has 3 rings (SSSR count). The quantitative estimate of drug-likeness (QED) is 0.712. The first kappa shape index (κ1) is 19.1. The first-order valence-corrected chi connectivity index (χ1v) is 9.58. The van der Waals surface area contributed by atoms with Gasteiger partial charge in [-0.3, -0.25) is 9.18 Å². The van der Waals surface area contributed by atoms with Crippen LogP contribution in [0.25, 0.3) is 0 Å². The molecule has 0 saturated carbocycles. The van der Waals surface area contributed by atoms with E-state index in [0.29, 0.717) is 25.9 Å². The van der Waals surface area contributed by atoms with E-state index in [9.17, 15) is 9.18 Å². The molecule has 1 aromatic carbocycles. The third kappa shape index (κ3) is 3.57. The maximum Gasteiger partial charge on any atom is 0.158 e. The van der Waals surface area contributed by atoms with Crippen LogP contribution in [0.2, 0.25) is 0 Å². The highest BCUT2D eigenvalue weighted by Crippen LogP contribution is 2.47. The Morgan fingerprint density at radius 2 is 2.23 bits per heavy atom. The van der Waals surface area contributed by atoms with Crippen molar-refractivity contribution in [3.05, 3.63) is 41.0 Å². The molecule has 0 bridgehead atoms. The number of hydrogen-bond donors (Lipinski definition) is 0. The Labute approximate surface area is 155 Å². The fourth-order valence-electron chi connectivity index (χ4n) is 4.53. The zero-order valence-corrected chi connectivity index (χ0v) is 16.0. The number of ketones is 1. The molecular formula is C22H29FO3. The summed E-state index contributed by atoms with van der Waals surface area (Å²) in [5.74, 6) is 1.17. The van der Waals surface area contributed by atoms with Gasteiger partial charge in [-0.15, -0.1) is 0 Å². The smallest absolute Gasteiger partial charge is 0.158 e. The molecule has 1 aliphatic heterocycles. The van der Waals surface area contributed by atoms with E-state index in [1.807, 2.05) is 6.92 Å². The lowest BCUT2D eigenvalue weighted by atomic mass is 9.68. The molecule has 26 heavy (non-hydrogen) atoms. The molecule has 1 saturated heterocycles. The van der Waals surface area contributed by atoms with Crippen LogP contribution >= 0.6 is 0 Å². The molecule has 3 atom stereocenters. The highest BCUT2D eigenvalue weighted by molar-refractivity contribution is 5.94. The van der Waals surface area contributed by atoms with E-state index in [2.05, 4.69) is 25.1 Å². The van der Waals surface area contributed by atoms with Crippen LogP contribution in [-0.2, 0) is 16.0 Å². The van der Waals surface area contributed by atoms with Crippen LogP contribution in [0.1, 0.15) is 43.7 Å². The SMILES string of the molecule is COc1cc(CC(C)[C@]23C[C@H](CCCF)C(=O)C=C2CCO3)ccc1C. The number of carbonyl (C=O) groups is 1. The number of hydrogen-bond acceptors (Lipinski definition) is 3. The predicted octanol–water partition coefficient (Wildman–Crippen LogP) is 4.61. The van der Waals surface area contributed by atoms with Gasteiger partial charge in [-0.2, -0.15) is 0 Å². The van der Waals surface area contributed by atoms with Crippen molar-refractivity contribution in [2.24, 2.45) is 11.8 Å². The molecule has 0 N–H and O–H groups in total. The van der Waals surface area contributed by atoms with Crippen LogP contribution < -0.4 is 4.74 Å². The van der Waals surface area contributed by atoms with Gasteiger partial charge < -0.3 is 9.47 Å². The minimum absolute atomic E-state index is 0.123. The van der Waals surface area contributed by atoms with Crippen LogP contribution in [0.5, 0.6) is 5.75 Å². The number of allylic oxidation sites excluding steroid dienone is 1. The largest absolute Gasteiger partial charge is 0.496 e. The van der Waals surface area contributed by atoms with Crippen LogP contribution in [0.4, 0.5) is 4.39 Å². The van der Waals surface area contributed by atoms with Gasteiger partial charge in [0.2, 0.25) is 0 Å². The van der Waals surface area contributed by atoms with E-state index in [0.717, 1.165) is 29.7 Å². The number of fused-ring (bicyclic) bond motifs is 1. The second kappa shape index (κ2) is 7.91. The topological polar surface area (TPSA) is 35.5 Å². The first-order chi connectivity index (χ1) is 12.5. The Balaban J connectivity index is 1.83. The summed E-state index contributed by atoms with van der Waals surface area (Å²) in [6.07, 6.45) is 5.21. The van der Waals surface area contributed by atoms with Crippen molar-refractivity contribution in [1.29, 1.82) is 0 Å². The van der Waals surface area contributed by atoms with Gasteiger partial charge in [-0.25, -0.2) is 0 Å². The van der Waals surface area contributed by atoms with E-state index in [1.54, 1.807) is 13.2 Å². The van der Waals surface area contributed by atoms with Gasteiger partial charge in [0.1, 0.15) is 5.75 Å². The van der Waals surface area contributed by atoms with E-state index in [4.69, 9.17) is 9.47 Å². The van der Waals surface area contributed by atoms with Crippen LogP contribution in [0.15, 0.2) is 29.8 Å². The lowest BCUT2D eigenvalue weighted by molar-refractivity contribution is -0.123. The van der Waals surface area contributed by atoms with Crippen LogP contribution in [0.3, 0.4) is 0 Å². The average molecular weight is 360 g/mol. The third-order valence-electron chi connectivity index (χ3n) is 6.04. The molecular weight excluding hydrogens is 331 g/mol. The van der Waals surface area contributed by atoms with E-state index in [1.165, 1.54) is 5.56 Å². The zero-order valence-electron chi connectivity index (χ0n) is 16.0. The zero-order chi connectivity index (χ0) is 18.7. The maximum absolute atomic E-state index is 12.6. The van der Waals surface area contributed by atoms with Gasteiger partial charge in [0, 0.05) is 5.92 Å². The summed E-state index contributed by atoms with van der Waals surface area (Å²) in [4.78, 5) is 12.4. The summed E-state index contributed by atoms with van der Waals surface area (Å²) < 4.78 is 24.3. The number of aryl methyl sites for hydroxylation is 1. The summed E-state index contributed by atoms with van der Waals surface area (Å²) in [6, 6.07) is 6.31. The Kier molecular flexibility index (Phi) is 5.81. The van der Waals surface area contributed by atoms with Crippen molar-refractivity contribution in [2.75, 3.05) is 20.4 Å². The Morgan fingerprint density at radius 1 is 1.42 bits per heavy atom. The Morgan fingerprint density at radius 3 is 2.96 bits per heavy atom. The highest BCUT2D eigenvalue weighted by atomic mass is 19.1. The van der Waals surface area contributed by atoms with E-state index >= 15 is 0 Å². The lowest BCUT2D eigenvalue weighted by Gasteiger charge is -2.41. The number of methoxy groups -OCH3 is 1. The molecule has 4 heteroatoms. The van der Waals surface area contributed by atoms with Crippen molar-refractivity contribution in [2.45, 2.75) is 51.6 Å². The van der Waals surface area contributed by atoms with Gasteiger partial charge in [0.05, 0.1) is 26.0 Å². The highest BCUT2D eigenvalue weighted by Gasteiger charge is 2.49. The molecule has 0 aromatic heterocycles. The molecule has 2 aliphatic rings. The molecule has 0 radical (unpaired) electrons. The standard InChI is InChI=1S/C22H29FO3/c1-15-6-7-17(12-21(15)25-3)11-16(2)22-14-18(5-4-9-23)20(24)13-19(22)8-10-26-22/h6-7,12-13,16,18H,4-5,8-11,14H2,1-3H3/t16?,18-,22+/m0/s1. The molecule has 1 aromatic rings. The third-order valence-corrected chi connectivity index (χ3v) is 6.04.